The molecule has 0 amide bonds. The molecule has 0 aromatic heterocycles. The van der Waals surface area contributed by atoms with Gasteiger partial charge in [0.1, 0.15) is 12.0 Å². The van der Waals surface area contributed by atoms with E-state index in [1.807, 2.05) is 0 Å². The van der Waals surface area contributed by atoms with Crippen molar-refractivity contribution in [1.82, 2.24) is 0 Å². The number of hydrogen-bond acceptors (Lipinski definition) is 3. The number of benzene rings is 1. The fraction of sp³-hybridized carbons (Fsp3) is 0.125. The number of hydrogen-bond donors (Lipinski definition) is 1. The molecule has 0 saturated carbocycles. The van der Waals surface area contributed by atoms with Gasteiger partial charge in [0, 0.05) is 5.56 Å². The SMILES string of the molecule is O=Cc1ccc2c(c1)NCO2. The lowest BCUT2D eigenvalue weighted by atomic mass is 10.2. The van der Waals surface area contributed by atoms with Crippen molar-refractivity contribution in [3.05, 3.63) is 23.8 Å². The van der Waals surface area contributed by atoms with E-state index < -0.39 is 0 Å². The maximum atomic E-state index is 10.3. The summed E-state index contributed by atoms with van der Waals surface area (Å²) in [4.78, 5) is 10.3. The molecule has 3 nitrogen and oxygen atoms in total. The van der Waals surface area contributed by atoms with E-state index in [1.54, 1.807) is 18.2 Å². The van der Waals surface area contributed by atoms with Crippen molar-refractivity contribution in [2.24, 2.45) is 0 Å². The van der Waals surface area contributed by atoms with Gasteiger partial charge >= 0.3 is 0 Å². The number of ether oxygens (including phenoxy) is 1. The molecule has 0 unspecified atom stereocenters. The Hall–Kier alpha value is -1.51. The van der Waals surface area contributed by atoms with Crippen LogP contribution in [0, 0.1) is 0 Å². The van der Waals surface area contributed by atoms with Crippen LogP contribution in [-0.4, -0.2) is 13.0 Å². The number of nitrogens with one attached hydrogen (secondary N) is 1. The standard InChI is InChI=1S/C8H7NO2/c10-4-6-1-2-8-7(3-6)9-5-11-8/h1-4,9H,5H2. The zero-order valence-corrected chi connectivity index (χ0v) is 5.83. The molecule has 3 heteroatoms. The summed E-state index contributed by atoms with van der Waals surface area (Å²) in [6, 6.07) is 5.30. The first-order valence-electron chi connectivity index (χ1n) is 3.36. The third-order valence-electron chi connectivity index (χ3n) is 1.63. The van der Waals surface area contributed by atoms with E-state index >= 15 is 0 Å². The van der Waals surface area contributed by atoms with Gasteiger partial charge in [0.15, 0.2) is 6.73 Å². The molecule has 1 aliphatic rings. The van der Waals surface area contributed by atoms with E-state index in [-0.39, 0.29) is 0 Å². The first-order chi connectivity index (χ1) is 5.40. The maximum Gasteiger partial charge on any atom is 0.159 e. The van der Waals surface area contributed by atoms with Crippen LogP contribution in [0.15, 0.2) is 18.2 Å². The van der Waals surface area contributed by atoms with Gasteiger partial charge in [0.05, 0.1) is 5.69 Å². The van der Waals surface area contributed by atoms with Crippen LogP contribution in [-0.2, 0) is 0 Å². The van der Waals surface area contributed by atoms with Gasteiger partial charge in [-0.1, -0.05) is 0 Å². The third kappa shape index (κ3) is 0.941. The largest absolute Gasteiger partial charge is 0.471 e. The highest BCUT2D eigenvalue weighted by atomic mass is 16.5. The van der Waals surface area contributed by atoms with Gasteiger partial charge in [-0.05, 0) is 18.2 Å². The van der Waals surface area contributed by atoms with Crippen molar-refractivity contribution in [3.63, 3.8) is 0 Å². The van der Waals surface area contributed by atoms with E-state index in [1.165, 1.54) is 0 Å². The number of anilines is 1. The lowest BCUT2D eigenvalue weighted by molar-refractivity contribution is 0.112. The van der Waals surface area contributed by atoms with Gasteiger partial charge in [-0.25, -0.2) is 0 Å². The van der Waals surface area contributed by atoms with Gasteiger partial charge < -0.3 is 10.1 Å². The average Bonchev–Trinajstić information content (AvgIpc) is 2.50. The second kappa shape index (κ2) is 2.27. The molecule has 0 spiro atoms. The summed E-state index contributed by atoms with van der Waals surface area (Å²) in [5, 5.41) is 2.99. The fourth-order valence-electron chi connectivity index (χ4n) is 1.08. The molecular formula is C8H7NO2. The van der Waals surface area contributed by atoms with Crippen LogP contribution in [0.2, 0.25) is 0 Å². The summed E-state index contributed by atoms with van der Waals surface area (Å²) < 4.78 is 5.17. The summed E-state index contributed by atoms with van der Waals surface area (Å²) in [6.07, 6.45) is 0.820. The van der Waals surface area contributed by atoms with Gasteiger partial charge in [-0.3, -0.25) is 4.79 Å². The highest BCUT2D eigenvalue weighted by Crippen LogP contribution is 2.28. The normalized spacial score (nSPS) is 13.1. The molecule has 11 heavy (non-hydrogen) atoms. The predicted molar refractivity (Wildman–Crippen MR) is 40.9 cm³/mol. The molecule has 0 bridgehead atoms. The Morgan fingerprint density at radius 3 is 3.27 bits per heavy atom. The Bertz CT molecular complexity index is 296. The fourth-order valence-corrected chi connectivity index (χ4v) is 1.08. The van der Waals surface area contributed by atoms with Gasteiger partial charge in [0.2, 0.25) is 0 Å². The summed E-state index contributed by atoms with van der Waals surface area (Å²) in [5.41, 5.74) is 1.57. The first kappa shape index (κ1) is 6.22. The van der Waals surface area contributed by atoms with Crippen LogP contribution >= 0.6 is 0 Å². The molecular weight excluding hydrogens is 142 g/mol. The third-order valence-corrected chi connectivity index (χ3v) is 1.63. The molecule has 0 fully saturated rings. The summed E-state index contributed by atoms with van der Waals surface area (Å²) >= 11 is 0. The summed E-state index contributed by atoms with van der Waals surface area (Å²) in [7, 11) is 0. The van der Waals surface area contributed by atoms with Crippen LogP contribution in [0.3, 0.4) is 0 Å². The van der Waals surface area contributed by atoms with Gasteiger partial charge in [-0.15, -0.1) is 0 Å². The van der Waals surface area contributed by atoms with Crippen LogP contribution in [0.25, 0.3) is 0 Å². The van der Waals surface area contributed by atoms with E-state index in [0.717, 1.165) is 17.7 Å². The number of aldehydes is 1. The lowest BCUT2D eigenvalue weighted by Crippen LogP contribution is -1.96. The molecule has 0 atom stereocenters. The van der Waals surface area contributed by atoms with Crippen molar-refractivity contribution >= 4 is 12.0 Å². The quantitative estimate of drug-likeness (QED) is 0.611. The predicted octanol–water partition coefficient (Wildman–Crippen LogP) is 1.26. The van der Waals surface area contributed by atoms with Crippen LogP contribution in [0.4, 0.5) is 5.69 Å². The van der Waals surface area contributed by atoms with Crippen molar-refractivity contribution in [3.8, 4) is 5.75 Å². The Kier molecular flexibility index (Phi) is 1.28. The van der Waals surface area contributed by atoms with Crippen LogP contribution < -0.4 is 10.1 Å². The second-order valence-corrected chi connectivity index (χ2v) is 2.34. The Balaban J connectivity index is 2.48. The zero-order valence-electron chi connectivity index (χ0n) is 5.83. The minimum atomic E-state index is 0.498. The first-order valence-corrected chi connectivity index (χ1v) is 3.36. The Morgan fingerprint density at radius 2 is 2.45 bits per heavy atom. The number of carbonyl (C=O) groups excluding carboxylic acids is 1. The van der Waals surface area contributed by atoms with Gasteiger partial charge in [0.25, 0.3) is 0 Å². The average molecular weight is 149 g/mol. The molecule has 1 aliphatic heterocycles. The number of rotatable bonds is 1. The molecule has 1 aromatic rings. The van der Waals surface area contributed by atoms with Crippen molar-refractivity contribution in [2.45, 2.75) is 0 Å². The molecule has 1 heterocycles. The smallest absolute Gasteiger partial charge is 0.159 e. The van der Waals surface area contributed by atoms with E-state index in [9.17, 15) is 4.79 Å². The van der Waals surface area contributed by atoms with Crippen molar-refractivity contribution in [2.75, 3.05) is 12.0 Å². The second-order valence-electron chi connectivity index (χ2n) is 2.34. The minimum absolute atomic E-state index is 0.498. The molecule has 1 aromatic carbocycles. The Labute approximate surface area is 64.0 Å². The molecule has 2 rings (SSSR count). The zero-order chi connectivity index (χ0) is 7.68. The minimum Gasteiger partial charge on any atom is -0.471 e. The monoisotopic (exact) mass is 149 g/mol. The van der Waals surface area contributed by atoms with E-state index in [0.29, 0.717) is 12.3 Å². The van der Waals surface area contributed by atoms with E-state index in [4.69, 9.17) is 4.74 Å². The summed E-state index contributed by atoms with van der Waals surface area (Å²) in [6.45, 7) is 0.498. The molecule has 0 aliphatic carbocycles. The lowest BCUT2D eigenvalue weighted by Gasteiger charge is -1.95. The molecule has 1 N–H and O–H groups in total. The Morgan fingerprint density at radius 1 is 1.55 bits per heavy atom. The van der Waals surface area contributed by atoms with Gasteiger partial charge in [-0.2, -0.15) is 0 Å². The molecule has 0 saturated heterocycles. The van der Waals surface area contributed by atoms with Crippen LogP contribution in [0.5, 0.6) is 5.75 Å². The highest BCUT2D eigenvalue weighted by Gasteiger charge is 2.09. The number of fused-ring (bicyclic) bond motifs is 1. The summed E-state index contributed by atoms with van der Waals surface area (Å²) in [5.74, 6) is 0.815. The highest BCUT2D eigenvalue weighted by molar-refractivity contribution is 5.79. The topological polar surface area (TPSA) is 38.3 Å². The maximum absolute atomic E-state index is 10.3. The van der Waals surface area contributed by atoms with E-state index in [2.05, 4.69) is 5.32 Å². The molecule has 0 radical (unpaired) electrons. The van der Waals surface area contributed by atoms with Crippen LogP contribution in [0.1, 0.15) is 10.4 Å². The molecule has 56 valence electrons. The van der Waals surface area contributed by atoms with Crippen molar-refractivity contribution in [1.29, 1.82) is 0 Å². The number of carbonyl (C=O) groups is 1. The van der Waals surface area contributed by atoms with Crippen molar-refractivity contribution < 1.29 is 9.53 Å².